The summed E-state index contributed by atoms with van der Waals surface area (Å²) < 4.78 is 9.40. The molecule has 2 heterocycles. The zero-order chi connectivity index (χ0) is 15.2. The van der Waals surface area contributed by atoms with E-state index < -0.39 is 44.5 Å². The zero-order valence-corrected chi connectivity index (χ0v) is 12.8. The summed E-state index contributed by atoms with van der Waals surface area (Å²) in [6.07, 6.45) is -0.872. The lowest BCUT2D eigenvalue weighted by atomic mass is 9.79. The van der Waals surface area contributed by atoms with Crippen molar-refractivity contribution in [2.45, 2.75) is 26.0 Å². The van der Waals surface area contributed by atoms with E-state index in [9.17, 15) is 14.7 Å². The minimum Gasteiger partial charge on any atom is -0.447 e. The monoisotopic (exact) mass is 323 g/mol. The van der Waals surface area contributed by atoms with Crippen molar-refractivity contribution in [1.82, 2.24) is 4.90 Å². The molecule has 8 nitrogen and oxygen atoms in total. The second kappa shape index (κ2) is 5.54. The van der Waals surface area contributed by atoms with E-state index in [0.29, 0.717) is 0 Å². The molecular weight excluding hydrogens is 308 g/mol. The van der Waals surface area contributed by atoms with Crippen LogP contribution in [0.4, 0.5) is 0 Å². The third-order valence-corrected chi connectivity index (χ3v) is 4.16. The van der Waals surface area contributed by atoms with Gasteiger partial charge in [0.15, 0.2) is 5.70 Å². The van der Waals surface area contributed by atoms with Crippen LogP contribution in [-0.4, -0.2) is 43.8 Å². The summed E-state index contributed by atoms with van der Waals surface area (Å²) in [6.45, 7) is 3.17. The Bertz CT molecular complexity index is 478. The number of amides is 1. The van der Waals surface area contributed by atoms with Crippen LogP contribution in [0.25, 0.3) is 0 Å². The van der Waals surface area contributed by atoms with Crippen LogP contribution in [0.5, 0.6) is 0 Å². The Balaban J connectivity index is 2.39. The van der Waals surface area contributed by atoms with E-state index in [0.717, 1.165) is 0 Å². The maximum atomic E-state index is 12.0. The van der Waals surface area contributed by atoms with Gasteiger partial charge in [-0.25, -0.2) is 4.79 Å². The SMILES string of the molecule is C[C@@H](O)[C@H]1C(=O)N2C(C(=O)OP)=C(OP(O)O)[C@H](C)[C@H]12. The highest BCUT2D eigenvalue weighted by atomic mass is 31.2. The van der Waals surface area contributed by atoms with Crippen LogP contribution >= 0.6 is 18.1 Å². The van der Waals surface area contributed by atoms with E-state index in [1.54, 1.807) is 16.4 Å². The lowest BCUT2D eigenvalue weighted by Crippen LogP contribution is -2.63. The van der Waals surface area contributed by atoms with Gasteiger partial charge in [0, 0.05) is 5.92 Å². The van der Waals surface area contributed by atoms with Gasteiger partial charge in [-0.15, -0.1) is 0 Å². The summed E-state index contributed by atoms with van der Waals surface area (Å²) >= 11 is 0. The number of carbonyl (C=O) groups is 2. The van der Waals surface area contributed by atoms with Crippen molar-refractivity contribution in [3.63, 3.8) is 0 Å². The fourth-order valence-electron chi connectivity index (χ4n) is 2.78. The average molecular weight is 323 g/mol. The molecular formula is C10H15NO7P2. The molecule has 0 aromatic carbocycles. The summed E-state index contributed by atoms with van der Waals surface area (Å²) in [5.41, 5.74) is -0.144. The lowest BCUT2D eigenvalue weighted by Gasteiger charge is -2.46. The van der Waals surface area contributed by atoms with E-state index in [2.05, 4.69) is 4.52 Å². The molecule has 2 aliphatic heterocycles. The number of hydrogen-bond donors (Lipinski definition) is 3. The highest BCUT2D eigenvalue weighted by Crippen LogP contribution is 2.50. The maximum Gasteiger partial charge on any atom is 0.391 e. The first-order chi connectivity index (χ1) is 9.31. The van der Waals surface area contributed by atoms with Crippen molar-refractivity contribution in [2.24, 2.45) is 11.8 Å². The van der Waals surface area contributed by atoms with Crippen LogP contribution in [0.2, 0.25) is 0 Å². The third kappa shape index (κ3) is 2.22. The number of nitrogens with zero attached hydrogens (tertiary/aromatic N) is 1. The van der Waals surface area contributed by atoms with Crippen LogP contribution in [0.3, 0.4) is 0 Å². The van der Waals surface area contributed by atoms with Gasteiger partial charge in [-0.05, 0) is 6.92 Å². The molecule has 0 aliphatic carbocycles. The van der Waals surface area contributed by atoms with Gasteiger partial charge in [0.25, 0.3) is 0 Å². The second-order valence-electron chi connectivity index (χ2n) is 4.72. The quantitative estimate of drug-likeness (QED) is 0.477. The van der Waals surface area contributed by atoms with Crippen LogP contribution < -0.4 is 0 Å². The highest BCUT2D eigenvalue weighted by Gasteiger charge is 2.61. The Morgan fingerprint density at radius 2 is 2.10 bits per heavy atom. The first kappa shape index (κ1) is 15.6. The predicted octanol–water partition coefficient (Wildman–Crippen LogP) is -0.383. The number of hydrogen-bond acceptors (Lipinski definition) is 7. The van der Waals surface area contributed by atoms with E-state index in [4.69, 9.17) is 14.3 Å². The molecule has 1 saturated heterocycles. The molecule has 1 unspecified atom stereocenters. The van der Waals surface area contributed by atoms with Gasteiger partial charge in [-0.3, -0.25) is 9.69 Å². The van der Waals surface area contributed by atoms with Gasteiger partial charge in [0.1, 0.15) is 5.76 Å². The van der Waals surface area contributed by atoms with Gasteiger partial charge >= 0.3 is 14.6 Å². The number of rotatable bonds is 4. The van der Waals surface area contributed by atoms with Gasteiger partial charge in [0.2, 0.25) is 5.91 Å². The first-order valence-corrected chi connectivity index (χ1v) is 7.47. The molecule has 112 valence electrons. The van der Waals surface area contributed by atoms with E-state index in [-0.39, 0.29) is 11.5 Å². The molecule has 5 atom stereocenters. The van der Waals surface area contributed by atoms with Crippen LogP contribution in [-0.2, 0) is 18.6 Å². The van der Waals surface area contributed by atoms with E-state index in [1.807, 2.05) is 0 Å². The molecule has 1 fully saturated rings. The first-order valence-electron chi connectivity index (χ1n) is 5.83. The standard InChI is InChI=1S/C10H15NO7P2/c1-3-6-5(4(2)12)9(13)11(6)7(10(14)17-19)8(3)18-20(15)16/h3-6,12,15-16H,19H2,1-2H3/t3-,4-,5-,6-/m1/s1. The van der Waals surface area contributed by atoms with Crippen LogP contribution in [0.15, 0.2) is 11.5 Å². The van der Waals surface area contributed by atoms with Crippen molar-refractivity contribution >= 4 is 29.9 Å². The van der Waals surface area contributed by atoms with Crippen LogP contribution in [0.1, 0.15) is 13.8 Å². The Morgan fingerprint density at radius 3 is 2.55 bits per heavy atom. The topological polar surface area (TPSA) is 117 Å². The van der Waals surface area contributed by atoms with Gasteiger partial charge in [-0.2, -0.15) is 0 Å². The molecule has 0 aromatic rings. The number of aliphatic hydroxyl groups excluding tert-OH is 1. The fraction of sp³-hybridized carbons (Fsp3) is 0.600. The summed E-state index contributed by atoms with van der Waals surface area (Å²) in [6, 6.07) is -0.452. The number of fused-ring (bicyclic) bond motifs is 1. The zero-order valence-electron chi connectivity index (χ0n) is 10.8. The number of β-lactam (4-membered cyclic amide) rings is 1. The molecule has 10 heteroatoms. The Labute approximate surface area is 118 Å². The highest BCUT2D eigenvalue weighted by molar-refractivity contribution is 7.39. The largest absolute Gasteiger partial charge is 0.447 e. The minimum absolute atomic E-state index is 0.00457. The minimum atomic E-state index is -2.72. The molecule has 1 amide bonds. The summed E-state index contributed by atoms with van der Waals surface area (Å²) in [7, 11) is -0.957. The molecule has 0 radical (unpaired) electrons. The van der Waals surface area contributed by atoms with Gasteiger partial charge in [-0.1, -0.05) is 6.92 Å². The molecule has 0 bridgehead atoms. The molecule has 3 N–H and O–H groups in total. The van der Waals surface area contributed by atoms with Crippen molar-refractivity contribution in [3.05, 3.63) is 11.5 Å². The van der Waals surface area contributed by atoms with Gasteiger partial charge < -0.3 is 23.9 Å². The normalized spacial score (nSPS) is 30.2. The Morgan fingerprint density at radius 1 is 1.50 bits per heavy atom. The molecule has 2 aliphatic rings. The van der Waals surface area contributed by atoms with Crippen molar-refractivity contribution in [3.8, 4) is 0 Å². The fourth-order valence-corrected chi connectivity index (χ4v) is 3.32. The summed E-state index contributed by atoms with van der Waals surface area (Å²) in [5, 5.41) is 9.64. The molecule has 20 heavy (non-hydrogen) atoms. The lowest BCUT2D eigenvalue weighted by molar-refractivity contribution is -0.162. The number of carbonyl (C=O) groups excluding carboxylic acids is 2. The molecule has 0 spiro atoms. The predicted molar refractivity (Wildman–Crippen MR) is 70.2 cm³/mol. The van der Waals surface area contributed by atoms with Crippen molar-refractivity contribution < 1.29 is 33.5 Å². The Kier molecular flexibility index (Phi) is 4.33. The summed E-state index contributed by atoms with van der Waals surface area (Å²) in [4.78, 5) is 43.0. The maximum absolute atomic E-state index is 12.0. The smallest absolute Gasteiger partial charge is 0.391 e. The molecule has 2 rings (SSSR count). The average Bonchev–Trinajstić information content (AvgIpc) is 2.58. The summed E-state index contributed by atoms with van der Waals surface area (Å²) in [5.74, 6) is -2.34. The van der Waals surface area contributed by atoms with E-state index in [1.165, 1.54) is 11.8 Å². The molecule has 0 aromatic heterocycles. The van der Waals surface area contributed by atoms with Crippen molar-refractivity contribution in [1.29, 1.82) is 0 Å². The van der Waals surface area contributed by atoms with Gasteiger partial charge in [0.05, 0.1) is 27.5 Å². The second-order valence-corrected chi connectivity index (χ2v) is 5.64. The Hall–Kier alpha value is -0.780. The number of aliphatic hydroxyl groups is 1. The van der Waals surface area contributed by atoms with E-state index >= 15 is 0 Å². The third-order valence-electron chi connectivity index (χ3n) is 3.59. The molecule has 0 saturated carbocycles. The van der Waals surface area contributed by atoms with Crippen molar-refractivity contribution in [2.75, 3.05) is 0 Å². The van der Waals surface area contributed by atoms with Crippen LogP contribution in [0, 0.1) is 11.8 Å².